The highest BCUT2D eigenvalue weighted by molar-refractivity contribution is 5.88. The Balaban J connectivity index is 2.22. The summed E-state index contributed by atoms with van der Waals surface area (Å²) in [7, 11) is 0. The zero-order valence-corrected chi connectivity index (χ0v) is 13.0. The fourth-order valence-corrected chi connectivity index (χ4v) is 3.65. The molecular formula is C15H25F3N2O. The van der Waals surface area contributed by atoms with Gasteiger partial charge in [0, 0.05) is 6.04 Å². The van der Waals surface area contributed by atoms with Crippen LogP contribution in [0.1, 0.15) is 59.3 Å². The van der Waals surface area contributed by atoms with Gasteiger partial charge in [-0.05, 0) is 39.0 Å². The van der Waals surface area contributed by atoms with Gasteiger partial charge in [0.15, 0.2) is 0 Å². The van der Waals surface area contributed by atoms with Crippen molar-refractivity contribution in [2.24, 2.45) is 5.92 Å². The largest absolute Gasteiger partial charge is 0.391 e. The van der Waals surface area contributed by atoms with Gasteiger partial charge in [-0.15, -0.1) is 0 Å². The second-order valence-electron chi connectivity index (χ2n) is 6.70. The lowest BCUT2D eigenvalue weighted by atomic mass is 9.99. The minimum atomic E-state index is -4.24. The fourth-order valence-electron chi connectivity index (χ4n) is 3.65. The van der Waals surface area contributed by atoms with Gasteiger partial charge in [-0.25, -0.2) is 0 Å². The monoisotopic (exact) mass is 306 g/mol. The van der Waals surface area contributed by atoms with E-state index in [2.05, 4.69) is 5.32 Å². The van der Waals surface area contributed by atoms with E-state index in [0.29, 0.717) is 6.42 Å². The van der Waals surface area contributed by atoms with Gasteiger partial charge in [0.2, 0.25) is 5.91 Å². The molecule has 6 heteroatoms. The fraction of sp³-hybridized carbons (Fsp3) is 0.933. The third-order valence-corrected chi connectivity index (χ3v) is 5.03. The lowest BCUT2D eigenvalue weighted by Crippen LogP contribution is -2.48. The molecule has 1 aliphatic heterocycles. The summed E-state index contributed by atoms with van der Waals surface area (Å²) in [5, 5.41) is 3.33. The Hall–Kier alpha value is -0.780. The number of hydrogen-bond acceptors (Lipinski definition) is 2. The van der Waals surface area contributed by atoms with Crippen LogP contribution in [0.15, 0.2) is 0 Å². The number of hydrogen-bond donors (Lipinski definition) is 1. The van der Waals surface area contributed by atoms with Crippen LogP contribution in [-0.4, -0.2) is 34.7 Å². The molecule has 1 saturated heterocycles. The lowest BCUT2D eigenvalue weighted by Gasteiger charge is -2.34. The Morgan fingerprint density at radius 1 is 1.38 bits per heavy atom. The molecule has 21 heavy (non-hydrogen) atoms. The highest BCUT2D eigenvalue weighted by Gasteiger charge is 2.52. The maximum absolute atomic E-state index is 12.7. The van der Waals surface area contributed by atoms with Crippen molar-refractivity contribution in [3.63, 3.8) is 0 Å². The van der Waals surface area contributed by atoms with E-state index in [-0.39, 0.29) is 18.0 Å². The van der Waals surface area contributed by atoms with Crippen LogP contribution in [0, 0.1) is 5.92 Å². The second kappa shape index (κ2) is 5.78. The Labute approximate surface area is 124 Å². The molecule has 1 amide bonds. The molecule has 122 valence electrons. The average Bonchev–Trinajstić information content (AvgIpc) is 2.95. The summed E-state index contributed by atoms with van der Waals surface area (Å²) < 4.78 is 38.1. The van der Waals surface area contributed by atoms with Crippen LogP contribution in [0.5, 0.6) is 0 Å². The Bertz CT molecular complexity index is 393. The zero-order chi connectivity index (χ0) is 15.8. The maximum Gasteiger partial charge on any atom is 0.391 e. The molecule has 2 aliphatic rings. The smallest absolute Gasteiger partial charge is 0.322 e. The Morgan fingerprint density at radius 2 is 1.95 bits per heavy atom. The molecule has 1 N–H and O–H groups in total. The van der Waals surface area contributed by atoms with Gasteiger partial charge in [0.1, 0.15) is 0 Å². The van der Waals surface area contributed by atoms with Crippen molar-refractivity contribution in [3.8, 4) is 0 Å². The Morgan fingerprint density at radius 3 is 2.43 bits per heavy atom. The van der Waals surface area contributed by atoms with E-state index >= 15 is 0 Å². The van der Waals surface area contributed by atoms with Gasteiger partial charge >= 0.3 is 6.18 Å². The van der Waals surface area contributed by atoms with Gasteiger partial charge in [-0.1, -0.05) is 19.8 Å². The highest BCUT2D eigenvalue weighted by Crippen LogP contribution is 2.38. The minimum Gasteiger partial charge on any atom is -0.322 e. The van der Waals surface area contributed by atoms with Crippen molar-refractivity contribution in [1.29, 1.82) is 0 Å². The van der Waals surface area contributed by atoms with Crippen molar-refractivity contribution in [1.82, 2.24) is 10.2 Å². The van der Waals surface area contributed by atoms with Crippen LogP contribution >= 0.6 is 0 Å². The van der Waals surface area contributed by atoms with E-state index in [4.69, 9.17) is 0 Å². The normalized spacial score (nSPS) is 33.0. The van der Waals surface area contributed by atoms with Crippen molar-refractivity contribution in [2.45, 2.75) is 83.2 Å². The molecule has 3 atom stereocenters. The van der Waals surface area contributed by atoms with E-state index in [9.17, 15) is 18.0 Å². The molecular weight excluding hydrogens is 281 g/mol. The summed E-state index contributed by atoms with van der Waals surface area (Å²) in [6.07, 6.45) is -0.677. The molecule has 0 bridgehead atoms. The van der Waals surface area contributed by atoms with Gasteiger partial charge < -0.3 is 4.90 Å². The van der Waals surface area contributed by atoms with E-state index < -0.39 is 24.2 Å². The van der Waals surface area contributed by atoms with Crippen molar-refractivity contribution in [3.05, 3.63) is 0 Å². The number of rotatable bonds is 4. The third kappa shape index (κ3) is 3.35. The average molecular weight is 306 g/mol. The molecule has 0 aromatic heterocycles. The predicted octanol–water partition coefficient (Wildman–Crippen LogP) is 3.44. The number of nitrogens with zero attached hydrogens (tertiary/aromatic N) is 1. The first-order valence-electron chi connectivity index (χ1n) is 7.85. The van der Waals surface area contributed by atoms with Crippen LogP contribution in [0.3, 0.4) is 0 Å². The number of carbonyl (C=O) groups excluding carboxylic acids is 1. The van der Waals surface area contributed by atoms with Gasteiger partial charge in [-0.2, -0.15) is 13.2 Å². The first-order valence-corrected chi connectivity index (χ1v) is 7.85. The van der Waals surface area contributed by atoms with Gasteiger partial charge in [0.25, 0.3) is 0 Å². The molecule has 2 fully saturated rings. The summed E-state index contributed by atoms with van der Waals surface area (Å²) in [6, 6.07) is -0.816. The molecule has 2 rings (SSSR count). The number of amides is 1. The number of carbonyl (C=O) groups is 1. The van der Waals surface area contributed by atoms with Gasteiger partial charge in [0.05, 0.1) is 18.1 Å². The molecule has 1 heterocycles. The van der Waals surface area contributed by atoms with Crippen LogP contribution in [0.4, 0.5) is 13.2 Å². The molecule has 1 saturated carbocycles. The van der Waals surface area contributed by atoms with Gasteiger partial charge in [-0.3, -0.25) is 10.1 Å². The molecule has 1 aliphatic carbocycles. The van der Waals surface area contributed by atoms with Crippen molar-refractivity contribution < 1.29 is 18.0 Å². The molecule has 3 nitrogen and oxygen atoms in total. The van der Waals surface area contributed by atoms with Crippen LogP contribution < -0.4 is 5.32 Å². The molecule has 0 aromatic rings. The standard InChI is InChI=1S/C15H25F3N2O/c1-4-14(3)13(21)20(10(2)9-15(16,17)18)12(19-14)11-7-5-6-8-11/h10-12,19H,4-9H2,1-3H3. The first kappa shape index (κ1) is 16.6. The van der Waals surface area contributed by atoms with E-state index in [1.807, 2.05) is 6.92 Å². The second-order valence-corrected chi connectivity index (χ2v) is 6.70. The summed E-state index contributed by atoms with van der Waals surface area (Å²) in [6.45, 7) is 5.21. The zero-order valence-electron chi connectivity index (χ0n) is 13.0. The number of alkyl halides is 3. The van der Waals surface area contributed by atoms with Crippen LogP contribution in [-0.2, 0) is 4.79 Å². The molecule has 3 unspecified atom stereocenters. The maximum atomic E-state index is 12.7. The minimum absolute atomic E-state index is 0.182. The number of nitrogens with one attached hydrogen (secondary N) is 1. The summed E-state index contributed by atoms with van der Waals surface area (Å²) in [4.78, 5) is 14.1. The SMILES string of the molecule is CCC1(C)NC(C2CCCC2)N(C(C)CC(F)(F)F)C1=O. The van der Waals surface area contributed by atoms with E-state index in [0.717, 1.165) is 25.7 Å². The number of halogens is 3. The van der Waals surface area contributed by atoms with E-state index in [1.165, 1.54) is 11.8 Å². The molecule has 0 radical (unpaired) electrons. The summed E-state index contributed by atoms with van der Waals surface area (Å²) in [5.74, 6) is 0.0941. The highest BCUT2D eigenvalue weighted by atomic mass is 19.4. The van der Waals surface area contributed by atoms with Crippen molar-refractivity contribution >= 4 is 5.91 Å². The predicted molar refractivity (Wildman–Crippen MR) is 74.6 cm³/mol. The van der Waals surface area contributed by atoms with Crippen molar-refractivity contribution in [2.75, 3.05) is 0 Å². The van der Waals surface area contributed by atoms with E-state index in [1.54, 1.807) is 6.92 Å². The molecule has 0 aromatic carbocycles. The third-order valence-electron chi connectivity index (χ3n) is 5.03. The van der Waals surface area contributed by atoms with Crippen LogP contribution in [0.2, 0.25) is 0 Å². The summed E-state index contributed by atoms with van der Waals surface area (Å²) in [5.41, 5.74) is -0.729. The quantitative estimate of drug-likeness (QED) is 0.863. The first-order chi connectivity index (χ1) is 9.68. The topological polar surface area (TPSA) is 32.3 Å². The Kier molecular flexibility index (Phi) is 4.57. The lowest BCUT2D eigenvalue weighted by molar-refractivity contribution is -0.155. The summed E-state index contributed by atoms with van der Waals surface area (Å²) >= 11 is 0. The molecule has 0 spiro atoms. The van der Waals surface area contributed by atoms with Crippen LogP contribution in [0.25, 0.3) is 0 Å².